The Hall–Kier alpha value is 0.340. The molecule has 0 aliphatic carbocycles. The van der Waals surface area contributed by atoms with E-state index in [1.165, 1.54) is 0 Å². The van der Waals surface area contributed by atoms with E-state index in [0.29, 0.717) is 0 Å². The van der Waals surface area contributed by atoms with Crippen LogP contribution < -0.4 is 0 Å². The summed E-state index contributed by atoms with van der Waals surface area (Å²) in [5.41, 5.74) is 0. The quantitative estimate of drug-likeness (QED) is 0.608. The second kappa shape index (κ2) is 3.16. The van der Waals surface area contributed by atoms with Crippen molar-refractivity contribution in [3.8, 4) is 0 Å². The lowest BCUT2D eigenvalue weighted by molar-refractivity contribution is 0.512. The predicted molar refractivity (Wildman–Crippen MR) is 44.0 cm³/mol. The maximum Gasteiger partial charge on any atom is 0.267 e. The Kier molecular flexibility index (Phi) is 3.27. The van der Waals surface area contributed by atoms with Gasteiger partial charge >= 0.3 is 0 Å². The molecule has 0 aromatic carbocycles. The number of hydrogen-bond donors (Lipinski definition) is 0. The van der Waals surface area contributed by atoms with E-state index in [0.717, 1.165) is 6.26 Å². The lowest BCUT2D eigenvalue weighted by Crippen LogP contribution is -2.08. The van der Waals surface area contributed by atoms with Crippen LogP contribution >= 0.6 is 8.81 Å². The van der Waals surface area contributed by atoms with Crippen LogP contribution in [0, 0.1) is 0 Å². The second-order valence-electron chi connectivity index (χ2n) is 3.14. The van der Waals surface area contributed by atoms with Gasteiger partial charge in [-0.1, -0.05) is 20.8 Å². The van der Waals surface area contributed by atoms with Crippen LogP contribution in [0.1, 0.15) is 20.8 Å². The minimum atomic E-state index is -3.24. The van der Waals surface area contributed by atoms with Crippen molar-refractivity contribution in [3.63, 3.8) is 0 Å². The first-order valence-corrected chi connectivity index (χ1v) is 5.59. The van der Waals surface area contributed by atoms with Crippen molar-refractivity contribution >= 4 is 18.9 Å². The fourth-order valence-corrected chi connectivity index (χ4v) is 1.81. The molecule has 0 bridgehead atoms. The SMILES string of the molecule is CC(C)(C)POS(C)(=O)=O. The van der Waals surface area contributed by atoms with E-state index in [2.05, 4.69) is 3.97 Å². The highest BCUT2D eigenvalue weighted by Gasteiger charge is 2.13. The molecule has 5 heteroatoms. The molecule has 0 saturated carbocycles. The van der Waals surface area contributed by atoms with Gasteiger partial charge in [0, 0.05) is 14.0 Å². The summed E-state index contributed by atoms with van der Waals surface area (Å²) in [6.07, 6.45) is 1.06. The largest absolute Gasteiger partial charge is 0.267 e. The fourth-order valence-electron chi connectivity index (χ4n) is 0.201. The molecule has 0 fully saturated rings. The topological polar surface area (TPSA) is 43.4 Å². The van der Waals surface area contributed by atoms with Crippen LogP contribution in [0.4, 0.5) is 0 Å². The van der Waals surface area contributed by atoms with E-state index in [1.807, 2.05) is 20.8 Å². The maximum atomic E-state index is 10.5. The highest BCUT2D eigenvalue weighted by Crippen LogP contribution is 2.32. The van der Waals surface area contributed by atoms with Crippen molar-refractivity contribution in [2.45, 2.75) is 25.9 Å². The Bertz CT molecular complexity index is 189. The predicted octanol–water partition coefficient (Wildman–Crippen LogP) is 1.35. The lowest BCUT2D eigenvalue weighted by Gasteiger charge is -2.15. The van der Waals surface area contributed by atoms with E-state index in [1.54, 1.807) is 0 Å². The van der Waals surface area contributed by atoms with E-state index in [-0.39, 0.29) is 14.0 Å². The van der Waals surface area contributed by atoms with Gasteiger partial charge in [-0.05, 0) is 0 Å². The zero-order chi connectivity index (χ0) is 8.41. The van der Waals surface area contributed by atoms with Crippen molar-refractivity contribution in [1.82, 2.24) is 0 Å². The molecule has 0 saturated heterocycles. The Labute approximate surface area is 64.1 Å². The van der Waals surface area contributed by atoms with Gasteiger partial charge in [-0.2, -0.15) is 8.42 Å². The Morgan fingerprint density at radius 3 is 1.80 bits per heavy atom. The van der Waals surface area contributed by atoms with Gasteiger partial charge in [0.2, 0.25) is 0 Å². The lowest BCUT2D eigenvalue weighted by atomic mass is 10.3. The molecule has 0 heterocycles. The van der Waals surface area contributed by atoms with Crippen LogP contribution in [0.5, 0.6) is 0 Å². The van der Waals surface area contributed by atoms with Gasteiger partial charge in [0.15, 0.2) is 0 Å². The maximum absolute atomic E-state index is 10.5. The van der Waals surface area contributed by atoms with Gasteiger partial charge in [-0.3, -0.25) is 3.97 Å². The third kappa shape index (κ3) is 8.34. The van der Waals surface area contributed by atoms with E-state index < -0.39 is 10.1 Å². The Morgan fingerprint density at radius 1 is 1.30 bits per heavy atom. The van der Waals surface area contributed by atoms with Crippen LogP contribution in [-0.4, -0.2) is 19.8 Å². The van der Waals surface area contributed by atoms with Crippen molar-refractivity contribution in [1.29, 1.82) is 0 Å². The standard InChI is InChI=1S/C5H13O3PS/c1-5(2,3)9-8-10(4,6)7/h9H,1-4H3. The van der Waals surface area contributed by atoms with Gasteiger partial charge in [-0.15, -0.1) is 0 Å². The third-order valence-electron chi connectivity index (χ3n) is 0.499. The fraction of sp³-hybridized carbons (Fsp3) is 1.00. The van der Waals surface area contributed by atoms with Gasteiger partial charge < -0.3 is 0 Å². The normalized spacial score (nSPS) is 14.8. The zero-order valence-corrected chi connectivity index (χ0v) is 8.45. The molecule has 62 valence electrons. The molecule has 1 atom stereocenters. The van der Waals surface area contributed by atoms with Crippen LogP contribution in [0.3, 0.4) is 0 Å². The summed E-state index contributed by atoms with van der Waals surface area (Å²) in [5.74, 6) is 0. The van der Waals surface area contributed by atoms with Crippen molar-refractivity contribution in [3.05, 3.63) is 0 Å². The average molecular weight is 184 g/mol. The first-order chi connectivity index (χ1) is 4.21. The highest BCUT2D eigenvalue weighted by atomic mass is 32.2. The molecule has 0 aromatic heterocycles. The molecule has 0 aromatic rings. The van der Waals surface area contributed by atoms with Crippen molar-refractivity contribution < 1.29 is 12.4 Å². The molecule has 0 N–H and O–H groups in total. The summed E-state index contributed by atoms with van der Waals surface area (Å²) in [6.45, 7) is 5.78. The Balaban J connectivity index is 3.79. The molecule has 0 aliphatic heterocycles. The third-order valence-corrected chi connectivity index (χ3v) is 2.66. The molecular weight excluding hydrogens is 171 g/mol. The summed E-state index contributed by atoms with van der Waals surface area (Å²) in [7, 11) is -3.24. The van der Waals surface area contributed by atoms with Crippen LogP contribution in [-0.2, 0) is 14.1 Å². The van der Waals surface area contributed by atoms with Gasteiger partial charge in [0.1, 0.15) is 0 Å². The second-order valence-corrected chi connectivity index (χ2v) is 6.92. The monoisotopic (exact) mass is 184 g/mol. The van der Waals surface area contributed by atoms with Crippen molar-refractivity contribution in [2.75, 3.05) is 6.26 Å². The van der Waals surface area contributed by atoms with Gasteiger partial charge in [0.25, 0.3) is 10.1 Å². The molecule has 0 aliphatic rings. The summed E-state index contributed by atoms with van der Waals surface area (Å²) < 4.78 is 25.5. The molecule has 10 heavy (non-hydrogen) atoms. The molecule has 0 radical (unpaired) electrons. The van der Waals surface area contributed by atoms with Crippen molar-refractivity contribution in [2.24, 2.45) is 0 Å². The summed E-state index contributed by atoms with van der Waals surface area (Å²) in [5, 5.41) is -0.0664. The molecule has 0 amide bonds. The first-order valence-electron chi connectivity index (χ1n) is 2.86. The first kappa shape index (κ1) is 10.3. The summed E-state index contributed by atoms with van der Waals surface area (Å²) in [6, 6.07) is 0. The minimum absolute atomic E-state index is 0.00502. The number of rotatable bonds is 2. The molecule has 1 unspecified atom stereocenters. The zero-order valence-electron chi connectivity index (χ0n) is 6.63. The Morgan fingerprint density at radius 2 is 1.70 bits per heavy atom. The van der Waals surface area contributed by atoms with Gasteiger partial charge in [-0.25, -0.2) is 0 Å². The van der Waals surface area contributed by atoms with Gasteiger partial charge in [0.05, 0.1) is 6.26 Å². The smallest absolute Gasteiger partial charge is 0.251 e. The highest BCUT2D eigenvalue weighted by molar-refractivity contribution is 7.88. The molecular formula is C5H13O3PS. The summed E-state index contributed by atoms with van der Waals surface area (Å²) in [4.78, 5) is 0. The average Bonchev–Trinajstić information content (AvgIpc) is 1.57. The van der Waals surface area contributed by atoms with E-state index >= 15 is 0 Å². The van der Waals surface area contributed by atoms with Crippen LogP contribution in [0.2, 0.25) is 0 Å². The van der Waals surface area contributed by atoms with E-state index in [4.69, 9.17) is 0 Å². The molecule has 0 spiro atoms. The minimum Gasteiger partial charge on any atom is -0.251 e. The molecule has 0 rings (SSSR count). The molecule has 3 nitrogen and oxygen atoms in total. The van der Waals surface area contributed by atoms with Crippen LogP contribution in [0.15, 0.2) is 0 Å². The van der Waals surface area contributed by atoms with E-state index in [9.17, 15) is 8.42 Å². The summed E-state index contributed by atoms with van der Waals surface area (Å²) >= 11 is 0. The number of hydrogen-bond acceptors (Lipinski definition) is 3. The van der Waals surface area contributed by atoms with Crippen LogP contribution in [0.25, 0.3) is 0 Å².